The Balaban J connectivity index is 1.09. The molecular weight excluding hydrogens is 757 g/mol. The van der Waals surface area contributed by atoms with Gasteiger partial charge in [0.05, 0.1) is 23.9 Å². The van der Waals surface area contributed by atoms with Crippen LogP contribution in [0.3, 0.4) is 0 Å². The number of aliphatic carboxylic acids is 1. The van der Waals surface area contributed by atoms with Crippen LogP contribution in [-0.2, 0) is 28.7 Å². The van der Waals surface area contributed by atoms with E-state index in [2.05, 4.69) is 75.8 Å². The van der Waals surface area contributed by atoms with Gasteiger partial charge >= 0.3 is 11.9 Å². The van der Waals surface area contributed by atoms with Crippen LogP contribution < -0.4 is 10.6 Å². The van der Waals surface area contributed by atoms with Crippen LogP contribution in [0.4, 0.5) is 0 Å². The Bertz CT molecular complexity index is 1810. The predicted molar refractivity (Wildman–Crippen MR) is 232 cm³/mol. The SMILES string of the molecule is CCN1CCN(CC(=O)NC(C)(C)C(=O)N[C@@]23CC[C@]4(C)[C@H](CC[C@@H]5[C@@]6(C)CC[C@H](OC(=O)[C@H]7C[C@@H](C(=O)O)C7(C)C)C(C)(C)[C@@H]6CC[C@]54C)C2=C(C(C)C)C(=O)C3)CC1. The van der Waals surface area contributed by atoms with E-state index in [9.17, 15) is 29.1 Å². The monoisotopic (exact) mass is 835 g/mol. The fourth-order valence-electron chi connectivity index (χ4n) is 15.2. The molecule has 3 N–H and O–H groups in total. The number of rotatable bonds is 10. The molecule has 6 fully saturated rings. The highest BCUT2D eigenvalue weighted by Crippen LogP contribution is 2.76. The molecule has 7 rings (SSSR count). The Hall–Kier alpha value is -2.79. The minimum absolute atomic E-state index is 0.00465. The first-order chi connectivity index (χ1) is 27.8. The Morgan fingerprint density at radius 1 is 0.817 bits per heavy atom. The molecule has 2 amide bonds. The summed E-state index contributed by atoms with van der Waals surface area (Å²) < 4.78 is 6.42. The summed E-state index contributed by atoms with van der Waals surface area (Å²) in [6.07, 6.45) is 7.85. The van der Waals surface area contributed by atoms with E-state index in [4.69, 9.17) is 4.74 Å². The van der Waals surface area contributed by atoms with E-state index in [1.54, 1.807) is 13.8 Å². The summed E-state index contributed by atoms with van der Waals surface area (Å²) in [6.45, 7) is 30.7. The number of ketones is 1. The first kappa shape index (κ1) is 45.2. The van der Waals surface area contributed by atoms with Crippen LogP contribution in [0.15, 0.2) is 11.1 Å². The van der Waals surface area contributed by atoms with Crippen molar-refractivity contribution in [2.24, 2.45) is 62.6 Å². The van der Waals surface area contributed by atoms with Crippen LogP contribution in [0.2, 0.25) is 0 Å². The van der Waals surface area contributed by atoms with Gasteiger partial charge in [-0.1, -0.05) is 69.2 Å². The molecule has 11 heteroatoms. The number of carbonyl (C=O) groups excluding carboxylic acids is 4. The summed E-state index contributed by atoms with van der Waals surface area (Å²) in [5.74, 6) is -1.25. The van der Waals surface area contributed by atoms with Gasteiger partial charge in [0.25, 0.3) is 0 Å². The quantitative estimate of drug-likeness (QED) is 0.198. The molecule has 0 aromatic heterocycles. The van der Waals surface area contributed by atoms with Crippen molar-refractivity contribution in [3.05, 3.63) is 11.1 Å². The standard InChI is InChI=1S/C49H78N4O7/c1-13-52-22-24-53(25-23-52)28-37(55)50-45(8,9)42(59)51-49-21-20-47(11)30(39(49)38(29(2)3)33(54)27-49)14-15-35-46(10)18-17-36(44(6,7)34(46)16-19-48(35,47)12)60-41(58)32-26-31(40(56)57)43(32,4)5/h29-32,34-36H,13-28H2,1-12H3,(H,50,55)(H,51,59)(H,56,57)/t30-,31+,32-,34+,35-,36+,46+,47-,48-,49-/m1/s1. The van der Waals surface area contributed by atoms with Crippen molar-refractivity contribution < 1.29 is 33.8 Å². The van der Waals surface area contributed by atoms with Crippen LogP contribution >= 0.6 is 0 Å². The maximum absolute atomic E-state index is 14.4. The van der Waals surface area contributed by atoms with Crippen molar-refractivity contribution in [2.45, 2.75) is 164 Å². The second-order valence-corrected chi connectivity index (χ2v) is 23.4. The molecule has 7 aliphatic rings. The first-order valence-corrected chi connectivity index (χ1v) is 23.6. The van der Waals surface area contributed by atoms with Gasteiger partial charge in [-0.2, -0.15) is 0 Å². The Morgan fingerprint density at radius 2 is 1.47 bits per heavy atom. The lowest BCUT2D eigenvalue weighted by molar-refractivity contribution is -0.235. The summed E-state index contributed by atoms with van der Waals surface area (Å²) in [4.78, 5) is 72.0. The second kappa shape index (κ2) is 15.2. The fourth-order valence-corrected chi connectivity index (χ4v) is 15.2. The van der Waals surface area contributed by atoms with Crippen molar-refractivity contribution in [2.75, 3.05) is 39.3 Å². The van der Waals surface area contributed by atoms with Crippen molar-refractivity contribution in [1.82, 2.24) is 20.4 Å². The van der Waals surface area contributed by atoms with E-state index in [1.807, 2.05) is 13.8 Å². The smallest absolute Gasteiger partial charge is 0.309 e. The number of carboxylic acids is 1. The summed E-state index contributed by atoms with van der Waals surface area (Å²) in [5, 5.41) is 16.2. The number of amides is 2. The summed E-state index contributed by atoms with van der Waals surface area (Å²) in [6, 6.07) is 0. The van der Waals surface area contributed by atoms with Gasteiger partial charge < -0.3 is 25.4 Å². The van der Waals surface area contributed by atoms with Gasteiger partial charge in [0.2, 0.25) is 11.8 Å². The van der Waals surface area contributed by atoms with Crippen molar-refractivity contribution in [3.8, 4) is 0 Å². The topological polar surface area (TPSA) is 145 Å². The van der Waals surface area contributed by atoms with Crippen molar-refractivity contribution >= 4 is 29.5 Å². The lowest BCUT2D eigenvalue weighted by atomic mass is 9.33. The highest BCUT2D eigenvalue weighted by atomic mass is 16.5. The van der Waals surface area contributed by atoms with Gasteiger partial charge in [-0.15, -0.1) is 0 Å². The molecule has 6 aliphatic carbocycles. The van der Waals surface area contributed by atoms with Gasteiger partial charge in [0.15, 0.2) is 5.78 Å². The molecular formula is C49H78N4O7. The van der Waals surface area contributed by atoms with E-state index >= 15 is 0 Å². The molecule has 11 nitrogen and oxygen atoms in total. The molecule has 0 spiro atoms. The third kappa shape index (κ3) is 6.91. The molecule has 0 aromatic rings. The van der Waals surface area contributed by atoms with Crippen LogP contribution in [0.5, 0.6) is 0 Å². The molecule has 0 bridgehead atoms. The number of ether oxygens (including phenoxy) is 1. The lowest BCUT2D eigenvalue weighted by Crippen LogP contribution is -2.68. The van der Waals surface area contributed by atoms with Crippen molar-refractivity contribution in [1.29, 1.82) is 0 Å². The Labute approximate surface area is 360 Å². The zero-order chi connectivity index (χ0) is 44.2. The minimum atomic E-state index is -1.15. The number of allylic oxidation sites excluding steroid dienone is 1. The molecule has 60 heavy (non-hydrogen) atoms. The van der Waals surface area contributed by atoms with Gasteiger partial charge in [-0.3, -0.25) is 28.9 Å². The highest BCUT2D eigenvalue weighted by molar-refractivity contribution is 6.03. The fraction of sp³-hybridized carbons (Fsp3) is 0.857. The summed E-state index contributed by atoms with van der Waals surface area (Å²) >= 11 is 0. The number of nitrogens with zero attached hydrogens (tertiary/aromatic N) is 2. The highest BCUT2D eigenvalue weighted by Gasteiger charge is 2.71. The molecule has 1 heterocycles. The third-order valence-corrected chi connectivity index (χ3v) is 19.1. The maximum Gasteiger partial charge on any atom is 0.309 e. The second-order valence-electron chi connectivity index (χ2n) is 23.4. The molecule has 10 atom stereocenters. The van der Waals surface area contributed by atoms with Gasteiger partial charge in [0.1, 0.15) is 11.6 Å². The average molecular weight is 835 g/mol. The van der Waals surface area contributed by atoms with Gasteiger partial charge in [-0.05, 0) is 135 Å². The molecule has 336 valence electrons. The number of Topliss-reactive ketones (excluding diaryl/α,β-unsaturated/α-hetero) is 1. The molecule has 1 saturated heterocycles. The minimum Gasteiger partial charge on any atom is -0.481 e. The number of piperazine rings is 1. The largest absolute Gasteiger partial charge is 0.481 e. The third-order valence-electron chi connectivity index (χ3n) is 19.1. The molecule has 0 aromatic carbocycles. The average Bonchev–Trinajstić information content (AvgIpc) is 3.44. The van der Waals surface area contributed by atoms with E-state index in [0.29, 0.717) is 24.7 Å². The normalized spacial score (nSPS) is 40.0. The van der Waals surface area contributed by atoms with Gasteiger partial charge in [0, 0.05) is 38.0 Å². The number of nitrogens with one attached hydrogen (secondary N) is 2. The molecule has 0 radical (unpaired) electrons. The Kier molecular flexibility index (Phi) is 11.5. The van der Waals surface area contributed by atoms with Crippen LogP contribution in [0.1, 0.15) is 147 Å². The lowest BCUT2D eigenvalue weighted by Gasteiger charge is -2.72. The summed E-state index contributed by atoms with van der Waals surface area (Å²) in [5.41, 5.74) is -0.757. The van der Waals surface area contributed by atoms with E-state index in [0.717, 1.165) is 83.2 Å². The molecule has 5 saturated carbocycles. The van der Waals surface area contributed by atoms with Crippen LogP contribution in [-0.4, -0.2) is 101 Å². The summed E-state index contributed by atoms with van der Waals surface area (Å²) in [7, 11) is 0. The molecule has 1 aliphatic heterocycles. The number of carbonyl (C=O) groups is 5. The number of hydrogen-bond donors (Lipinski definition) is 3. The van der Waals surface area contributed by atoms with E-state index in [1.165, 1.54) is 5.57 Å². The van der Waals surface area contributed by atoms with Crippen molar-refractivity contribution in [3.63, 3.8) is 0 Å². The first-order valence-electron chi connectivity index (χ1n) is 23.6. The van der Waals surface area contributed by atoms with E-state index in [-0.39, 0.29) is 76.1 Å². The number of carboxylic acid groups (broad SMARTS) is 1. The number of esters is 1. The maximum atomic E-state index is 14.4. The zero-order valence-electron chi connectivity index (χ0n) is 39.1. The van der Waals surface area contributed by atoms with Gasteiger partial charge in [-0.25, -0.2) is 0 Å². The number of likely N-dealkylation sites (N-methyl/N-ethyl adjacent to an activating group) is 1. The number of fused-ring (bicyclic) bond motifs is 7. The van der Waals surface area contributed by atoms with Crippen LogP contribution in [0.25, 0.3) is 0 Å². The zero-order valence-corrected chi connectivity index (χ0v) is 39.1. The Morgan fingerprint density at radius 3 is 2.07 bits per heavy atom. The molecule has 0 unspecified atom stereocenters. The number of hydrogen-bond acceptors (Lipinski definition) is 8. The van der Waals surface area contributed by atoms with Crippen LogP contribution in [0, 0.1) is 62.6 Å². The predicted octanol–water partition coefficient (Wildman–Crippen LogP) is 7.03. The van der Waals surface area contributed by atoms with E-state index < -0.39 is 34.3 Å².